The van der Waals surface area contributed by atoms with E-state index in [0.29, 0.717) is 4.91 Å². The molecule has 0 saturated carbocycles. The van der Waals surface area contributed by atoms with E-state index >= 15 is 0 Å². The first-order valence-electron chi connectivity index (χ1n) is 6.02. The van der Waals surface area contributed by atoms with Gasteiger partial charge >= 0.3 is 5.97 Å². The fourth-order valence-electron chi connectivity index (χ4n) is 1.45. The zero-order valence-electron chi connectivity index (χ0n) is 11.0. The third-order valence-electron chi connectivity index (χ3n) is 2.40. The van der Waals surface area contributed by atoms with Crippen molar-refractivity contribution in [3.63, 3.8) is 0 Å². The molecule has 0 aromatic heterocycles. The highest BCUT2D eigenvalue weighted by atomic mass is 32.2. The van der Waals surface area contributed by atoms with Gasteiger partial charge in [0.15, 0.2) is 0 Å². The summed E-state index contributed by atoms with van der Waals surface area (Å²) in [5.41, 5.74) is 0. The molecule has 0 atom stereocenters. The predicted octanol–water partition coefficient (Wildman–Crippen LogP) is 4.59. The van der Waals surface area contributed by atoms with E-state index < -0.39 is 0 Å². The van der Waals surface area contributed by atoms with Gasteiger partial charge in [0.25, 0.3) is 0 Å². The fourth-order valence-corrected chi connectivity index (χ4v) is 3.15. The average Bonchev–Trinajstić information content (AvgIpc) is 2.52. The van der Waals surface area contributed by atoms with E-state index in [1.807, 2.05) is 66.1 Å². The third-order valence-corrected chi connectivity index (χ3v) is 4.46. The van der Waals surface area contributed by atoms with Gasteiger partial charge in [-0.05, 0) is 29.7 Å². The van der Waals surface area contributed by atoms with Crippen LogP contribution in [0, 0.1) is 0 Å². The van der Waals surface area contributed by atoms with Gasteiger partial charge in [-0.3, -0.25) is 0 Å². The van der Waals surface area contributed by atoms with Crippen LogP contribution in [0.1, 0.15) is 0 Å². The van der Waals surface area contributed by atoms with Gasteiger partial charge < -0.3 is 4.74 Å². The molecule has 0 heterocycles. The third kappa shape index (κ3) is 4.47. The molecule has 2 aromatic carbocycles. The maximum atomic E-state index is 11.8. The minimum absolute atomic E-state index is 0.317. The number of hydrogen-bond acceptors (Lipinski definition) is 4. The molecule has 4 heteroatoms. The summed E-state index contributed by atoms with van der Waals surface area (Å²) < 4.78 is 4.83. The summed E-state index contributed by atoms with van der Waals surface area (Å²) in [4.78, 5) is 14.5. The molecule has 0 aliphatic carbocycles. The van der Waals surface area contributed by atoms with E-state index in [2.05, 4.69) is 0 Å². The molecule has 20 heavy (non-hydrogen) atoms. The molecule has 0 radical (unpaired) electrons. The lowest BCUT2D eigenvalue weighted by molar-refractivity contribution is -0.135. The number of thioether (sulfide) groups is 2. The van der Waals surface area contributed by atoms with Gasteiger partial charge in [-0.2, -0.15) is 0 Å². The van der Waals surface area contributed by atoms with Gasteiger partial charge in [-0.1, -0.05) is 59.9 Å². The molecule has 102 valence electrons. The quantitative estimate of drug-likeness (QED) is 0.458. The van der Waals surface area contributed by atoms with Crippen LogP contribution >= 0.6 is 23.5 Å². The number of hydrogen-bond donors (Lipinski definition) is 0. The van der Waals surface area contributed by atoms with Crippen LogP contribution in [0.2, 0.25) is 0 Å². The standard InChI is InChI=1S/C16H14O2S2/c1-18-16(17)15(20-14-10-6-3-7-11-14)12-19-13-8-4-2-5-9-13/h2-12H,1H3. The molecular formula is C16H14O2S2. The second-order valence-electron chi connectivity index (χ2n) is 3.82. The number of methoxy groups -OCH3 is 1. The molecule has 0 aliphatic rings. The van der Waals surface area contributed by atoms with Crippen molar-refractivity contribution >= 4 is 29.5 Å². The number of rotatable bonds is 5. The number of carbonyl (C=O) groups excluding carboxylic acids is 1. The maximum Gasteiger partial charge on any atom is 0.345 e. The topological polar surface area (TPSA) is 26.3 Å². The smallest absolute Gasteiger partial charge is 0.345 e. The first-order chi connectivity index (χ1) is 9.79. The Balaban J connectivity index is 2.13. The lowest BCUT2D eigenvalue weighted by atomic mass is 10.4. The van der Waals surface area contributed by atoms with Crippen molar-refractivity contribution in [3.05, 3.63) is 71.0 Å². The van der Waals surface area contributed by atoms with Gasteiger partial charge in [0.1, 0.15) is 4.91 Å². The first-order valence-corrected chi connectivity index (χ1v) is 7.72. The van der Waals surface area contributed by atoms with Crippen molar-refractivity contribution in [2.75, 3.05) is 7.11 Å². The Kier molecular flexibility index (Phi) is 5.77. The lowest BCUT2D eigenvalue weighted by Crippen LogP contribution is -2.01. The zero-order chi connectivity index (χ0) is 14.2. The second kappa shape index (κ2) is 7.82. The Labute approximate surface area is 127 Å². The van der Waals surface area contributed by atoms with Crippen molar-refractivity contribution in [1.82, 2.24) is 0 Å². The molecule has 0 N–H and O–H groups in total. The van der Waals surface area contributed by atoms with Crippen LogP contribution in [0.25, 0.3) is 0 Å². The summed E-state index contributed by atoms with van der Waals surface area (Å²) >= 11 is 2.91. The van der Waals surface area contributed by atoms with Crippen LogP contribution in [-0.2, 0) is 9.53 Å². The highest BCUT2D eigenvalue weighted by molar-refractivity contribution is 8.06. The Hall–Kier alpha value is -1.65. The lowest BCUT2D eigenvalue weighted by Gasteiger charge is -2.05. The molecule has 0 unspecified atom stereocenters. The predicted molar refractivity (Wildman–Crippen MR) is 84.7 cm³/mol. The number of ether oxygens (including phenoxy) is 1. The SMILES string of the molecule is COC(=O)C(=CSc1ccccc1)Sc1ccccc1. The van der Waals surface area contributed by atoms with Gasteiger partial charge in [0, 0.05) is 9.79 Å². The normalized spacial score (nSPS) is 11.2. The molecule has 2 aromatic rings. The van der Waals surface area contributed by atoms with Crippen molar-refractivity contribution in [2.45, 2.75) is 9.79 Å². The zero-order valence-corrected chi connectivity index (χ0v) is 12.6. The Morgan fingerprint density at radius 2 is 1.50 bits per heavy atom. The van der Waals surface area contributed by atoms with Crippen molar-refractivity contribution in [3.8, 4) is 0 Å². The Morgan fingerprint density at radius 3 is 2.05 bits per heavy atom. The summed E-state index contributed by atoms with van der Waals surface area (Å²) in [6, 6.07) is 19.7. The second-order valence-corrected chi connectivity index (χ2v) is 5.88. The van der Waals surface area contributed by atoms with Crippen molar-refractivity contribution in [1.29, 1.82) is 0 Å². The van der Waals surface area contributed by atoms with Crippen LogP contribution in [0.3, 0.4) is 0 Å². The fraction of sp³-hybridized carbons (Fsp3) is 0.0625. The Morgan fingerprint density at radius 1 is 0.950 bits per heavy atom. The summed E-state index contributed by atoms with van der Waals surface area (Å²) in [6.07, 6.45) is 0. The largest absolute Gasteiger partial charge is 0.465 e. The monoisotopic (exact) mass is 302 g/mol. The maximum absolute atomic E-state index is 11.8. The van der Waals surface area contributed by atoms with Crippen molar-refractivity contribution in [2.24, 2.45) is 0 Å². The number of esters is 1. The molecular weight excluding hydrogens is 288 g/mol. The van der Waals surface area contributed by atoms with E-state index in [4.69, 9.17) is 4.74 Å². The number of carbonyl (C=O) groups is 1. The van der Waals surface area contributed by atoms with Crippen LogP contribution in [0.15, 0.2) is 80.8 Å². The van der Waals surface area contributed by atoms with Crippen LogP contribution in [0.5, 0.6) is 0 Å². The number of benzene rings is 2. The molecule has 0 saturated heterocycles. The van der Waals surface area contributed by atoms with E-state index in [9.17, 15) is 4.79 Å². The summed E-state index contributed by atoms with van der Waals surface area (Å²) in [7, 11) is 1.40. The minimum atomic E-state index is -0.317. The highest BCUT2D eigenvalue weighted by Gasteiger charge is 2.11. The van der Waals surface area contributed by atoms with Gasteiger partial charge in [0.05, 0.1) is 7.11 Å². The Bertz CT molecular complexity index is 580. The first kappa shape index (κ1) is 14.8. The molecule has 0 amide bonds. The molecule has 2 nitrogen and oxygen atoms in total. The van der Waals surface area contributed by atoms with Crippen molar-refractivity contribution < 1.29 is 9.53 Å². The van der Waals surface area contributed by atoms with E-state index in [1.54, 1.807) is 0 Å². The summed E-state index contributed by atoms with van der Waals surface area (Å²) in [6.45, 7) is 0. The molecule has 0 aliphatic heterocycles. The van der Waals surface area contributed by atoms with Crippen LogP contribution < -0.4 is 0 Å². The van der Waals surface area contributed by atoms with Gasteiger partial charge in [-0.25, -0.2) is 4.79 Å². The highest BCUT2D eigenvalue weighted by Crippen LogP contribution is 2.31. The summed E-state index contributed by atoms with van der Waals surface area (Å²) in [5, 5.41) is 1.83. The van der Waals surface area contributed by atoms with Crippen LogP contribution in [-0.4, -0.2) is 13.1 Å². The minimum Gasteiger partial charge on any atom is -0.465 e. The molecule has 0 fully saturated rings. The van der Waals surface area contributed by atoms with E-state index in [0.717, 1.165) is 9.79 Å². The van der Waals surface area contributed by atoms with E-state index in [-0.39, 0.29) is 5.97 Å². The molecule has 0 spiro atoms. The van der Waals surface area contributed by atoms with Gasteiger partial charge in [0.2, 0.25) is 0 Å². The van der Waals surface area contributed by atoms with E-state index in [1.165, 1.54) is 30.6 Å². The molecule has 2 rings (SSSR count). The van der Waals surface area contributed by atoms with Crippen LogP contribution in [0.4, 0.5) is 0 Å². The summed E-state index contributed by atoms with van der Waals surface area (Å²) in [5.74, 6) is -0.317. The average molecular weight is 302 g/mol. The molecule has 0 bridgehead atoms. The van der Waals surface area contributed by atoms with Gasteiger partial charge in [-0.15, -0.1) is 0 Å².